The van der Waals surface area contributed by atoms with Gasteiger partial charge in [0.2, 0.25) is 0 Å². The van der Waals surface area contributed by atoms with Gasteiger partial charge in [-0.1, -0.05) is 23.7 Å². The number of alkyl halides is 3. The van der Waals surface area contributed by atoms with Gasteiger partial charge in [0, 0.05) is 5.02 Å². The number of para-hydroxylation sites is 1. The van der Waals surface area contributed by atoms with E-state index in [9.17, 15) is 23.1 Å². The van der Waals surface area contributed by atoms with E-state index in [4.69, 9.17) is 11.6 Å². The molecule has 0 unspecified atom stereocenters. The van der Waals surface area contributed by atoms with Crippen LogP contribution in [0, 0.1) is 0 Å². The number of aromatic hydroxyl groups is 1. The SMILES string of the molecule is O=C(Nc1ccccc1C(F)(F)F)c1cc(Cl)ccc1O. The lowest BCUT2D eigenvalue weighted by atomic mass is 10.1. The maximum atomic E-state index is 12.8. The summed E-state index contributed by atoms with van der Waals surface area (Å²) in [5.41, 5.74) is -1.58. The second-order valence-electron chi connectivity index (χ2n) is 4.16. The third-order valence-corrected chi connectivity index (χ3v) is 2.92. The third kappa shape index (κ3) is 3.46. The Labute approximate surface area is 123 Å². The number of rotatable bonds is 2. The van der Waals surface area contributed by atoms with Crippen molar-refractivity contribution in [2.75, 3.05) is 5.32 Å². The second-order valence-corrected chi connectivity index (χ2v) is 4.60. The number of halogens is 4. The van der Waals surface area contributed by atoms with E-state index in [0.29, 0.717) is 0 Å². The molecule has 110 valence electrons. The van der Waals surface area contributed by atoms with Crippen LogP contribution >= 0.6 is 11.6 Å². The first kappa shape index (κ1) is 15.2. The highest BCUT2D eigenvalue weighted by Gasteiger charge is 2.33. The summed E-state index contributed by atoms with van der Waals surface area (Å²) in [5.74, 6) is -1.26. The van der Waals surface area contributed by atoms with Crippen LogP contribution in [0.4, 0.5) is 18.9 Å². The molecule has 2 rings (SSSR count). The first-order chi connectivity index (χ1) is 9.79. The summed E-state index contributed by atoms with van der Waals surface area (Å²) in [5, 5.41) is 11.9. The molecule has 0 aromatic heterocycles. The molecule has 0 bridgehead atoms. The maximum absolute atomic E-state index is 12.8. The van der Waals surface area contributed by atoms with Crippen molar-refractivity contribution in [2.45, 2.75) is 6.18 Å². The van der Waals surface area contributed by atoms with E-state index in [0.717, 1.165) is 12.1 Å². The lowest BCUT2D eigenvalue weighted by molar-refractivity contribution is -0.136. The number of hydrogen-bond donors (Lipinski definition) is 2. The van der Waals surface area contributed by atoms with Crippen LogP contribution in [0.5, 0.6) is 5.75 Å². The highest BCUT2D eigenvalue weighted by atomic mass is 35.5. The molecule has 0 radical (unpaired) electrons. The Morgan fingerprint density at radius 3 is 2.48 bits per heavy atom. The summed E-state index contributed by atoms with van der Waals surface area (Å²) < 4.78 is 38.5. The standard InChI is InChI=1S/C14H9ClF3NO2/c15-8-5-6-12(20)9(7-8)13(21)19-11-4-2-1-3-10(11)14(16,17)18/h1-7,20H,(H,19,21). The number of nitrogens with one attached hydrogen (secondary N) is 1. The zero-order valence-electron chi connectivity index (χ0n) is 10.4. The number of anilines is 1. The largest absolute Gasteiger partial charge is 0.507 e. The van der Waals surface area contributed by atoms with E-state index in [1.54, 1.807) is 0 Å². The van der Waals surface area contributed by atoms with Gasteiger partial charge in [-0.15, -0.1) is 0 Å². The van der Waals surface area contributed by atoms with Crippen LogP contribution < -0.4 is 5.32 Å². The van der Waals surface area contributed by atoms with Crippen LogP contribution in [0.1, 0.15) is 15.9 Å². The van der Waals surface area contributed by atoms with Crippen molar-refractivity contribution in [2.24, 2.45) is 0 Å². The number of phenols is 1. The van der Waals surface area contributed by atoms with E-state index in [1.165, 1.54) is 30.3 Å². The van der Waals surface area contributed by atoms with Gasteiger partial charge in [0.05, 0.1) is 16.8 Å². The monoisotopic (exact) mass is 315 g/mol. The molecule has 0 aliphatic carbocycles. The summed E-state index contributed by atoms with van der Waals surface area (Å²) >= 11 is 5.70. The van der Waals surface area contributed by atoms with Gasteiger partial charge in [-0.2, -0.15) is 13.2 Å². The van der Waals surface area contributed by atoms with E-state index in [-0.39, 0.29) is 16.3 Å². The van der Waals surface area contributed by atoms with Crippen molar-refractivity contribution in [3.63, 3.8) is 0 Å². The lowest BCUT2D eigenvalue weighted by Crippen LogP contribution is -2.16. The Bertz CT molecular complexity index is 686. The maximum Gasteiger partial charge on any atom is 0.418 e. The molecular formula is C14H9ClF3NO2. The quantitative estimate of drug-likeness (QED) is 0.867. The molecule has 0 aliphatic rings. The summed E-state index contributed by atoms with van der Waals surface area (Å²) in [6.45, 7) is 0. The molecule has 0 spiro atoms. The minimum Gasteiger partial charge on any atom is -0.507 e. The van der Waals surface area contributed by atoms with Crippen molar-refractivity contribution >= 4 is 23.2 Å². The molecule has 0 heterocycles. The first-order valence-electron chi connectivity index (χ1n) is 5.75. The van der Waals surface area contributed by atoms with Crippen molar-refractivity contribution in [1.82, 2.24) is 0 Å². The molecule has 2 aromatic carbocycles. The van der Waals surface area contributed by atoms with Crippen LogP contribution in [0.3, 0.4) is 0 Å². The highest BCUT2D eigenvalue weighted by Crippen LogP contribution is 2.35. The molecule has 1 amide bonds. The Balaban J connectivity index is 2.35. The summed E-state index contributed by atoms with van der Waals surface area (Å²) in [6.07, 6.45) is -4.60. The first-order valence-corrected chi connectivity index (χ1v) is 6.13. The van der Waals surface area contributed by atoms with E-state index < -0.39 is 23.3 Å². The normalized spacial score (nSPS) is 11.2. The van der Waals surface area contributed by atoms with Gasteiger partial charge in [-0.05, 0) is 30.3 Å². The van der Waals surface area contributed by atoms with Crippen molar-refractivity contribution in [3.05, 3.63) is 58.6 Å². The van der Waals surface area contributed by atoms with Gasteiger partial charge in [-0.3, -0.25) is 4.79 Å². The van der Waals surface area contributed by atoms with Crippen LogP contribution in [-0.2, 0) is 6.18 Å². The molecule has 21 heavy (non-hydrogen) atoms. The van der Waals surface area contributed by atoms with Gasteiger partial charge in [0.1, 0.15) is 5.75 Å². The number of hydrogen-bond acceptors (Lipinski definition) is 2. The molecular weight excluding hydrogens is 307 g/mol. The summed E-state index contributed by atoms with van der Waals surface area (Å²) in [7, 11) is 0. The molecule has 0 atom stereocenters. The van der Waals surface area contributed by atoms with E-state index in [2.05, 4.69) is 5.32 Å². The zero-order chi connectivity index (χ0) is 15.6. The van der Waals surface area contributed by atoms with Gasteiger partial charge in [0.15, 0.2) is 0 Å². The number of carbonyl (C=O) groups is 1. The molecule has 7 heteroatoms. The van der Waals surface area contributed by atoms with E-state index in [1.807, 2.05) is 0 Å². The van der Waals surface area contributed by atoms with Gasteiger partial charge in [0.25, 0.3) is 5.91 Å². The topological polar surface area (TPSA) is 49.3 Å². The van der Waals surface area contributed by atoms with E-state index >= 15 is 0 Å². The predicted molar refractivity (Wildman–Crippen MR) is 72.5 cm³/mol. The Kier molecular flexibility index (Phi) is 4.09. The number of phenolic OH excluding ortho intramolecular Hbond substituents is 1. The molecule has 2 N–H and O–H groups in total. The van der Waals surface area contributed by atoms with Gasteiger partial charge < -0.3 is 10.4 Å². The Morgan fingerprint density at radius 2 is 1.81 bits per heavy atom. The zero-order valence-corrected chi connectivity index (χ0v) is 11.2. The van der Waals surface area contributed by atoms with Crippen molar-refractivity contribution < 1.29 is 23.1 Å². The third-order valence-electron chi connectivity index (χ3n) is 2.68. The molecule has 0 fully saturated rings. The number of amides is 1. The molecule has 3 nitrogen and oxygen atoms in total. The minimum atomic E-state index is -4.60. The number of benzene rings is 2. The minimum absolute atomic E-state index is 0.182. The fourth-order valence-electron chi connectivity index (χ4n) is 1.72. The molecule has 0 saturated carbocycles. The lowest BCUT2D eigenvalue weighted by Gasteiger charge is -2.14. The highest BCUT2D eigenvalue weighted by molar-refractivity contribution is 6.31. The van der Waals surface area contributed by atoms with Crippen LogP contribution in [0.15, 0.2) is 42.5 Å². The van der Waals surface area contributed by atoms with Crippen molar-refractivity contribution in [3.8, 4) is 5.75 Å². The fraction of sp³-hybridized carbons (Fsp3) is 0.0714. The molecule has 2 aromatic rings. The van der Waals surface area contributed by atoms with Crippen molar-refractivity contribution in [1.29, 1.82) is 0 Å². The summed E-state index contributed by atoms with van der Waals surface area (Å²) in [4.78, 5) is 12.0. The smallest absolute Gasteiger partial charge is 0.418 e. The second kappa shape index (κ2) is 5.65. The van der Waals surface area contributed by atoms with Crippen LogP contribution in [0.25, 0.3) is 0 Å². The summed E-state index contributed by atoms with van der Waals surface area (Å²) in [6, 6.07) is 8.28. The Hall–Kier alpha value is -2.21. The van der Waals surface area contributed by atoms with Gasteiger partial charge in [-0.25, -0.2) is 0 Å². The average molecular weight is 316 g/mol. The fourth-order valence-corrected chi connectivity index (χ4v) is 1.89. The molecule has 0 saturated heterocycles. The van der Waals surface area contributed by atoms with Crippen LogP contribution in [0.2, 0.25) is 5.02 Å². The number of carbonyl (C=O) groups excluding carboxylic acids is 1. The Morgan fingerprint density at radius 1 is 1.14 bits per heavy atom. The predicted octanol–water partition coefficient (Wildman–Crippen LogP) is 4.32. The molecule has 0 aliphatic heterocycles. The van der Waals surface area contributed by atoms with Gasteiger partial charge >= 0.3 is 6.18 Å². The average Bonchev–Trinajstić information content (AvgIpc) is 2.41. The van der Waals surface area contributed by atoms with Crippen LogP contribution in [-0.4, -0.2) is 11.0 Å².